The van der Waals surface area contributed by atoms with Crippen molar-refractivity contribution in [3.63, 3.8) is 0 Å². The zero-order chi connectivity index (χ0) is 23.5. The number of unbranched alkanes of at least 4 members (excludes halogenated alkanes) is 1. The number of ether oxygens (including phenoxy) is 1. The Balaban J connectivity index is 0.00000408. The van der Waals surface area contributed by atoms with E-state index >= 15 is 0 Å². The molecule has 3 rings (SSSR count). The Morgan fingerprint density at radius 2 is 1.71 bits per heavy atom. The van der Waals surface area contributed by atoms with Crippen LogP contribution in [0.15, 0.2) is 54.6 Å². The van der Waals surface area contributed by atoms with E-state index in [0.29, 0.717) is 12.2 Å². The van der Waals surface area contributed by atoms with Crippen LogP contribution in [-0.2, 0) is 27.0 Å². The molecule has 7 nitrogen and oxygen atoms in total. The highest BCUT2D eigenvalue weighted by molar-refractivity contribution is 7.88. The topological polar surface area (TPSA) is 105 Å². The fourth-order valence-electron chi connectivity index (χ4n) is 4.08. The smallest absolute Gasteiger partial charge is 0.322 e. The predicted molar refractivity (Wildman–Crippen MR) is 136 cm³/mol. The van der Waals surface area contributed by atoms with Gasteiger partial charge >= 0.3 is 5.97 Å². The highest BCUT2D eigenvalue weighted by atomic mass is 35.5. The van der Waals surface area contributed by atoms with E-state index in [1.807, 2.05) is 0 Å². The van der Waals surface area contributed by atoms with Crippen LogP contribution < -0.4 is 14.8 Å². The summed E-state index contributed by atoms with van der Waals surface area (Å²) in [4.78, 5) is 11.7. The van der Waals surface area contributed by atoms with Crippen LogP contribution in [0.1, 0.15) is 43.2 Å². The van der Waals surface area contributed by atoms with Crippen molar-refractivity contribution < 1.29 is 23.1 Å². The van der Waals surface area contributed by atoms with Crippen molar-refractivity contribution in [2.45, 2.75) is 50.3 Å². The molecule has 1 saturated heterocycles. The quantitative estimate of drug-likeness (QED) is 0.354. The molecule has 1 aliphatic heterocycles. The van der Waals surface area contributed by atoms with Crippen LogP contribution in [0.2, 0.25) is 0 Å². The summed E-state index contributed by atoms with van der Waals surface area (Å²) in [7, 11) is -3.79. The van der Waals surface area contributed by atoms with Crippen LogP contribution in [0.3, 0.4) is 0 Å². The van der Waals surface area contributed by atoms with Gasteiger partial charge in [-0.3, -0.25) is 4.79 Å². The second kappa shape index (κ2) is 14.3. The van der Waals surface area contributed by atoms with Gasteiger partial charge in [0.15, 0.2) is 0 Å². The van der Waals surface area contributed by atoms with Gasteiger partial charge in [0.25, 0.3) is 0 Å². The van der Waals surface area contributed by atoms with E-state index in [-0.39, 0.29) is 24.6 Å². The zero-order valence-electron chi connectivity index (χ0n) is 19.3. The average Bonchev–Trinajstić information content (AvgIpc) is 2.80. The SMILES string of the molecule is Cl.O=C(O)C(Cc1ccc(OCCCCC2CCNCC2)cc1)NS(=O)(=O)Cc1ccccc1. The molecule has 0 bridgehead atoms. The van der Waals surface area contributed by atoms with Crippen molar-refractivity contribution in [2.24, 2.45) is 5.92 Å². The third-order valence-electron chi connectivity index (χ3n) is 5.92. The fraction of sp³-hybridized carbons (Fsp3) is 0.480. The third-order valence-corrected chi connectivity index (χ3v) is 7.27. The standard InChI is InChI=1S/C25H34N2O5S.ClH/c28-25(29)24(27-33(30,31)19-22-7-2-1-3-8-22)18-21-9-11-23(12-10-21)32-17-5-4-6-20-13-15-26-16-14-20;/h1-3,7-12,20,24,26-27H,4-6,13-19H2,(H,28,29);1H. The Kier molecular flexibility index (Phi) is 11.8. The predicted octanol–water partition coefficient (Wildman–Crippen LogP) is 3.77. The Morgan fingerprint density at radius 3 is 2.35 bits per heavy atom. The van der Waals surface area contributed by atoms with Crippen molar-refractivity contribution in [3.8, 4) is 5.75 Å². The van der Waals surface area contributed by atoms with Crippen LogP contribution in [0.5, 0.6) is 5.75 Å². The molecule has 2 aromatic rings. The van der Waals surface area contributed by atoms with Gasteiger partial charge < -0.3 is 15.2 Å². The van der Waals surface area contributed by atoms with Crippen LogP contribution in [0, 0.1) is 5.92 Å². The molecular weight excluding hydrogens is 476 g/mol. The summed E-state index contributed by atoms with van der Waals surface area (Å²) in [6.07, 6.45) is 6.01. The molecule has 0 aliphatic carbocycles. The Hall–Kier alpha value is -2.13. The Labute approximate surface area is 208 Å². The maximum atomic E-state index is 12.4. The maximum Gasteiger partial charge on any atom is 0.322 e. The van der Waals surface area contributed by atoms with Crippen molar-refractivity contribution in [2.75, 3.05) is 19.7 Å². The lowest BCUT2D eigenvalue weighted by Crippen LogP contribution is -2.42. The van der Waals surface area contributed by atoms with Crippen molar-refractivity contribution in [1.82, 2.24) is 10.0 Å². The average molecular weight is 511 g/mol. The molecule has 2 aromatic carbocycles. The Morgan fingerprint density at radius 1 is 1.03 bits per heavy atom. The normalized spacial score (nSPS) is 15.3. The van der Waals surface area contributed by atoms with Gasteiger partial charge in [-0.15, -0.1) is 12.4 Å². The van der Waals surface area contributed by atoms with E-state index in [0.717, 1.165) is 43.2 Å². The molecule has 1 fully saturated rings. The molecule has 0 radical (unpaired) electrons. The first kappa shape index (κ1) is 28.1. The molecule has 0 saturated carbocycles. The largest absolute Gasteiger partial charge is 0.494 e. The summed E-state index contributed by atoms with van der Waals surface area (Å²) in [6.45, 7) is 2.91. The number of aliphatic carboxylic acids is 1. The molecule has 9 heteroatoms. The van der Waals surface area contributed by atoms with Gasteiger partial charge in [-0.1, -0.05) is 48.9 Å². The van der Waals surface area contributed by atoms with Gasteiger partial charge in [0, 0.05) is 0 Å². The highest BCUT2D eigenvalue weighted by Gasteiger charge is 2.24. The number of sulfonamides is 1. The minimum Gasteiger partial charge on any atom is -0.494 e. The van der Waals surface area contributed by atoms with Gasteiger partial charge in [-0.2, -0.15) is 0 Å². The third kappa shape index (κ3) is 10.0. The molecule has 1 unspecified atom stereocenters. The number of carbonyl (C=O) groups is 1. The minimum absolute atomic E-state index is 0. The molecule has 3 N–H and O–H groups in total. The van der Waals surface area contributed by atoms with E-state index in [2.05, 4.69) is 10.0 Å². The van der Waals surface area contributed by atoms with E-state index in [1.54, 1.807) is 54.6 Å². The highest BCUT2D eigenvalue weighted by Crippen LogP contribution is 2.19. The monoisotopic (exact) mass is 510 g/mol. The maximum absolute atomic E-state index is 12.4. The van der Waals surface area contributed by atoms with E-state index in [4.69, 9.17) is 4.74 Å². The molecule has 0 spiro atoms. The lowest BCUT2D eigenvalue weighted by atomic mass is 9.93. The summed E-state index contributed by atoms with van der Waals surface area (Å²) < 4.78 is 33.0. The Bertz CT molecular complexity index is 965. The minimum atomic E-state index is -3.79. The molecular formula is C25H35ClN2O5S. The zero-order valence-corrected chi connectivity index (χ0v) is 21.0. The number of carboxylic acids is 1. The number of hydrogen-bond donors (Lipinski definition) is 3. The van der Waals surface area contributed by atoms with Gasteiger partial charge in [0.2, 0.25) is 10.0 Å². The molecule has 1 atom stereocenters. The lowest BCUT2D eigenvalue weighted by molar-refractivity contribution is -0.138. The number of nitrogens with one attached hydrogen (secondary N) is 2. The molecule has 34 heavy (non-hydrogen) atoms. The van der Waals surface area contributed by atoms with Gasteiger partial charge in [-0.05, 0) is 74.4 Å². The van der Waals surface area contributed by atoms with Crippen molar-refractivity contribution in [3.05, 3.63) is 65.7 Å². The molecule has 0 aromatic heterocycles. The summed E-state index contributed by atoms with van der Waals surface area (Å²) in [5.41, 5.74) is 1.33. The van der Waals surface area contributed by atoms with E-state index < -0.39 is 22.0 Å². The van der Waals surface area contributed by atoms with Crippen LogP contribution in [0.4, 0.5) is 0 Å². The molecule has 0 amide bonds. The first-order chi connectivity index (χ1) is 15.9. The van der Waals surface area contributed by atoms with Gasteiger partial charge in [0.1, 0.15) is 11.8 Å². The van der Waals surface area contributed by atoms with Gasteiger partial charge in [-0.25, -0.2) is 13.1 Å². The molecule has 1 heterocycles. The summed E-state index contributed by atoms with van der Waals surface area (Å²) in [5.74, 6) is 0.0952. The first-order valence-corrected chi connectivity index (χ1v) is 13.3. The first-order valence-electron chi connectivity index (χ1n) is 11.6. The lowest BCUT2D eigenvalue weighted by Gasteiger charge is -2.22. The second-order valence-corrected chi connectivity index (χ2v) is 10.4. The van der Waals surface area contributed by atoms with Crippen LogP contribution in [-0.4, -0.2) is 45.2 Å². The molecule has 1 aliphatic rings. The summed E-state index contributed by atoms with van der Waals surface area (Å²) in [6, 6.07) is 14.6. The number of piperidine rings is 1. The number of benzene rings is 2. The van der Waals surface area contributed by atoms with Crippen LogP contribution >= 0.6 is 12.4 Å². The summed E-state index contributed by atoms with van der Waals surface area (Å²) in [5, 5.41) is 12.9. The number of rotatable bonds is 13. The summed E-state index contributed by atoms with van der Waals surface area (Å²) >= 11 is 0. The van der Waals surface area contributed by atoms with Gasteiger partial charge in [0.05, 0.1) is 12.4 Å². The number of hydrogen-bond acceptors (Lipinski definition) is 5. The molecule has 188 valence electrons. The van der Waals surface area contributed by atoms with Crippen molar-refractivity contribution in [1.29, 1.82) is 0 Å². The van der Waals surface area contributed by atoms with E-state index in [1.165, 1.54) is 19.3 Å². The van der Waals surface area contributed by atoms with E-state index in [9.17, 15) is 18.3 Å². The van der Waals surface area contributed by atoms with Crippen molar-refractivity contribution >= 4 is 28.4 Å². The fourth-order valence-corrected chi connectivity index (χ4v) is 5.42. The number of halogens is 1. The van der Waals surface area contributed by atoms with Crippen LogP contribution in [0.25, 0.3) is 0 Å². The second-order valence-electron chi connectivity index (χ2n) is 8.64. The number of carboxylic acid groups (broad SMARTS) is 1.